The van der Waals surface area contributed by atoms with Crippen LogP contribution in [0.25, 0.3) is 0 Å². The lowest BCUT2D eigenvalue weighted by Gasteiger charge is -2.01. The molecule has 15 heavy (non-hydrogen) atoms. The molecule has 0 unspecified atom stereocenters. The number of hydrogen-bond donors (Lipinski definition) is 1. The van der Waals surface area contributed by atoms with Crippen molar-refractivity contribution >= 4 is 17.4 Å². The molecule has 0 spiro atoms. The van der Waals surface area contributed by atoms with Crippen molar-refractivity contribution in [2.75, 3.05) is 0 Å². The molecule has 0 saturated carbocycles. The third kappa shape index (κ3) is 1.87. The molecule has 0 aliphatic heterocycles. The van der Waals surface area contributed by atoms with Crippen LogP contribution in [0.5, 0.6) is 5.75 Å². The number of aromatic hydroxyl groups is 1. The normalized spacial score (nSPS) is 10.2. The van der Waals surface area contributed by atoms with Gasteiger partial charge >= 0.3 is 0 Å². The van der Waals surface area contributed by atoms with E-state index in [9.17, 15) is 9.90 Å². The van der Waals surface area contributed by atoms with E-state index >= 15 is 0 Å². The number of benzene rings is 1. The summed E-state index contributed by atoms with van der Waals surface area (Å²) in [6.07, 6.45) is 2.72. The Morgan fingerprint density at radius 1 is 1.33 bits per heavy atom. The zero-order valence-corrected chi connectivity index (χ0v) is 8.36. The van der Waals surface area contributed by atoms with Gasteiger partial charge in [-0.3, -0.25) is 4.79 Å². The van der Waals surface area contributed by atoms with Crippen LogP contribution in [-0.2, 0) is 0 Å². The first-order valence-electron chi connectivity index (χ1n) is 4.24. The van der Waals surface area contributed by atoms with E-state index in [0.717, 1.165) is 0 Å². The van der Waals surface area contributed by atoms with E-state index < -0.39 is 0 Å². The van der Waals surface area contributed by atoms with E-state index in [1.807, 2.05) is 0 Å². The number of furan rings is 1. The van der Waals surface area contributed by atoms with Crippen LogP contribution in [0.3, 0.4) is 0 Å². The summed E-state index contributed by atoms with van der Waals surface area (Å²) in [7, 11) is 0. The van der Waals surface area contributed by atoms with Crippen molar-refractivity contribution < 1.29 is 14.3 Å². The van der Waals surface area contributed by atoms with Crippen LogP contribution in [0, 0.1) is 0 Å². The Bertz CT molecular complexity index is 489. The predicted octanol–water partition coefficient (Wildman–Crippen LogP) is 2.87. The summed E-state index contributed by atoms with van der Waals surface area (Å²) >= 11 is 5.74. The Hall–Kier alpha value is -1.74. The molecule has 0 aliphatic rings. The van der Waals surface area contributed by atoms with Gasteiger partial charge < -0.3 is 9.52 Å². The van der Waals surface area contributed by atoms with Crippen LogP contribution in [0.1, 0.15) is 15.9 Å². The van der Waals surface area contributed by atoms with E-state index in [1.165, 1.54) is 36.8 Å². The average Bonchev–Trinajstić information content (AvgIpc) is 2.74. The van der Waals surface area contributed by atoms with Gasteiger partial charge in [0.15, 0.2) is 5.78 Å². The molecule has 1 heterocycles. The molecule has 0 bridgehead atoms. The topological polar surface area (TPSA) is 50.4 Å². The van der Waals surface area contributed by atoms with Crippen molar-refractivity contribution in [1.82, 2.24) is 0 Å². The maximum atomic E-state index is 11.8. The maximum Gasteiger partial charge on any atom is 0.200 e. The minimum Gasteiger partial charge on any atom is -0.507 e. The third-order valence-electron chi connectivity index (χ3n) is 1.99. The summed E-state index contributed by atoms with van der Waals surface area (Å²) in [5, 5.41) is 9.90. The van der Waals surface area contributed by atoms with Gasteiger partial charge in [0.25, 0.3) is 0 Å². The number of phenolic OH excluding ortho intramolecular Hbond substituents is 1. The fourth-order valence-electron chi connectivity index (χ4n) is 1.24. The van der Waals surface area contributed by atoms with Crippen LogP contribution in [-0.4, -0.2) is 10.9 Å². The van der Waals surface area contributed by atoms with Crippen molar-refractivity contribution in [1.29, 1.82) is 0 Å². The highest BCUT2D eigenvalue weighted by Crippen LogP contribution is 2.24. The molecule has 0 saturated heterocycles. The van der Waals surface area contributed by atoms with Gasteiger partial charge in [-0.15, -0.1) is 0 Å². The SMILES string of the molecule is O=C(c1ccoc1)c1cc(Cl)ccc1O. The Morgan fingerprint density at radius 3 is 2.80 bits per heavy atom. The minimum absolute atomic E-state index is 0.0920. The van der Waals surface area contributed by atoms with Gasteiger partial charge in [-0.05, 0) is 24.3 Å². The minimum atomic E-state index is -0.316. The van der Waals surface area contributed by atoms with Crippen molar-refractivity contribution in [3.63, 3.8) is 0 Å². The third-order valence-corrected chi connectivity index (χ3v) is 2.22. The van der Waals surface area contributed by atoms with Crippen LogP contribution in [0.4, 0.5) is 0 Å². The van der Waals surface area contributed by atoms with Gasteiger partial charge in [-0.25, -0.2) is 0 Å². The molecule has 3 nitrogen and oxygen atoms in total. The lowest BCUT2D eigenvalue weighted by Crippen LogP contribution is -1.99. The first-order valence-corrected chi connectivity index (χ1v) is 4.61. The Balaban J connectivity index is 2.46. The fourth-order valence-corrected chi connectivity index (χ4v) is 1.41. The largest absolute Gasteiger partial charge is 0.507 e. The lowest BCUT2D eigenvalue weighted by atomic mass is 10.1. The Kier molecular flexibility index (Phi) is 2.47. The van der Waals surface area contributed by atoms with Crippen LogP contribution < -0.4 is 0 Å². The monoisotopic (exact) mass is 222 g/mol. The number of phenols is 1. The highest BCUT2D eigenvalue weighted by molar-refractivity contribution is 6.31. The molecule has 76 valence electrons. The van der Waals surface area contributed by atoms with Crippen molar-refractivity contribution in [2.45, 2.75) is 0 Å². The number of hydrogen-bond acceptors (Lipinski definition) is 3. The maximum absolute atomic E-state index is 11.8. The van der Waals surface area contributed by atoms with Crippen LogP contribution >= 0.6 is 11.6 Å². The van der Waals surface area contributed by atoms with Gasteiger partial charge in [0, 0.05) is 5.02 Å². The Labute approximate surface area is 90.9 Å². The number of ketones is 1. The summed E-state index contributed by atoms with van der Waals surface area (Å²) < 4.78 is 4.79. The molecule has 2 rings (SSSR count). The smallest absolute Gasteiger partial charge is 0.200 e. The van der Waals surface area contributed by atoms with Gasteiger partial charge in [0.05, 0.1) is 17.4 Å². The van der Waals surface area contributed by atoms with Crippen LogP contribution in [0.15, 0.2) is 41.2 Å². The van der Waals surface area contributed by atoms with Crippen molar-refractivity contribution in [2.24, 2.45) is 0 Å². The van der Waals surface area contributed by atoms with E-state index in [-0.39, 0.29) is 17.1 Å². The van der Waals surface area contributed by atoms with E-state index in [4.69, 9.17) is 16.0 Å². The molecule has 1 aromatic heterocycles. The highest BCUT2D eigenvalue weighted by Gasteiger charge is 2.14. The number of carbonyl (C=O) groups excluding carboxylic acids is 1. The number of rotatable bonds is 2. The van der Waals surface area contributed by atoms with Crippen LogP contribution in [0.2, 0.25) is 5.02 Å². The van der Waals surface area contributed by atoms with E-state index in [2.05, 4.69) is 0 Å². The van der Waals surface area contributed by atoms with Crippen molar-refractivity contribution in [3.8, 4) is 5.75 Å². The van der Waals surface area contributed by atoms with Gasteiger partial charge in [-0.2, -0.15) is 0 Å². The number of carbonyl (C=O) groups is 1. The first kappa shape index (κ1) is 9.80. The predicted molar refractivity (Wildman–Crippen MR) is 55.3 cm³/mol. The molecule has 0 aliphatic carbocycles. The fraction of sp³-hybridized carbons (Fsp3) is 0. The molecule has 1 aromatic carbocycles. The molecule has 4 heteroatoms. The molecular weight excluding hydrogens is 216 g/mol. The first-order chi connectivity index (χ1) is 7.18. The lowest BCUT2D eigenvalue weighted by molar-refractivity contribution is 0.103. The molecular formula is C11H7ClO3. The van der Waals surface area contributed by atoms with Gasteiger partial charge in [0.2, 0.25) is 0 Å². The van der Waals surface area contributed by atoms with E-state index in [1.54, 1.807) is 0 Å². The average molecular weight is 223 g/mol. The molecule has 0 atom stereocenters. The summed E-state index contributed by atoms with van der Waals surface area (Å²) in [5.74, 6) is -0.408. The summed E-state index contributed by atoms with van der Waals surface area (Å²) in [4.78, 5) is 11.8. The molecule has 0 radical (unpaired) electrons. The molecule has 1 N–H and O–H groups in total. The van der Waals surface area contributed by atoms with E-state index in [0.29, 0.717) is 10.6 Å². The zero-order valence-electron chi connectivity index (χ0n) is 7.61. The standard InChI is InChI=1S/C11H7ClO3/c12-8-1-2-10(13)9(5-8)11(14)7-3-4-15-6-7/h1-6,13H. The molecule has 0 fully saturated rings. The Morgan fingerprint density at radius 2 is 2.13 bits per heavy atom. The summed E-state index contributed by atoms with van der Waals surface area (Å²) in [5.41, 5.74) is 0.552. The number of halogens is 1. The summed E-state index contributed by atoms with van der Waals surface area (Å²) in [6.45, 7) is 0. The molecule has 0 amide bonds. The summed E-state index contributed by atoms with van der Waals surface area (Å²) in [6, 6.07) is 5.85. The quantitative estimate of drug-likeness (QED) is 0.795. The second-order valence-electron chi connectivity index (χ2n) is 3.00. The highest BCUT2D eigenvalue weighted by atomic mass is 35.5. The zero-order chi connectivity index (χ0) is 10.8. The molecule has 2 aromatic rings. The van der Waals surface area contributed by atoms with Gasteiger partial charge in [-0.1, -0.05) is 11.6 Å². The van der Waals surface area contributed by atoms with Crippen molar-refractivity contribution in [3.05, 3.63) is 52.9 Å². The van der Waals surface area contributed by atoms with Gasteiger partial charge in [0.1, 0.15) is 12.0 Å². The second-order valence-corrected chi connectivity index (χ2v) is 3.44. The second kappa shape index (κ2) is 3.79.